The maximum Gasteiger partial charge on any atom is 0.229 e. The highest BCUT2D eigenvalue weighted by atomic mass is 32.2. The quantitative estimate of drug-likeness (QED) is 0.648. The molecule has 1 fully saturated rings. The van der Waals surface area contributed by atoms with Crippen LogP contribution in [-0.2, 0) is 10.0 Å². The summed E-state index contributed by atoms with van der Waals surface area (Å²) in [6.07, 6.45) is 2.58. The van der Waals surface area contributed by atoms with E-state index in [-0.39, 0.29) is 6.04 Å². The monoisotopic (exact) mass is 257 g/mol. The van der Waals surface area contributed by atoms with Gasteiger partial charge in [0, 0.05) is 19.6 Å². The van der Waals surface area contributed by atoms with E-state index in [0.29, 0.717) is 17.9 Å². The highest BCUT2D eigenvalue weighted by Gasteiger charge is 2.20. The summed E-state index contributed by atoms with van der Waals surface area (Å²) in [5.41, 5.74) is 1.09. The summed E-state index contributed by atoms with van der Waals surface area (Å²) in [5, 5.41) is 14.3. The number of hydrogen-bond acceptors (Lipinski definition) is 6. The molecule has 17 heavy (non-hydrogen) atoms. The molecule has 0 saturated carbocycles. The average molecular weight is 257 g/mol. The van der Waals surface area contributed by atoms with E-state index in [9.17, 15) is 8.42 Å². The van der Waals surface area contributed by atoms with Gasteiger partial charge in [-0.1, -0.05) is 0 Å². The van der Waals surface area contributed by atoms with Crippen LogP contribution in [0.1, 0.15) is 11.7 Å². The summed E-state index contributed by atoms with van der Waals surface area (Å²) in [4.78, 5) is 0. The van der Waals surface area contributed by atoms with Crippen molar-refractivity contribution in [2.45, 2.75) is 6.04 Å². The molecule has 1 aromatic heterocycles. The molecule has 0 bridgehead atoms. The molecule has 0 spiro atoms. The summed E-state index contributed by atoms with van der Waals surface area (Å²) in [7, 11) is -3.30. The molecule has 1 aliphatic rings. The van der Waals surface area contributed by atoms with Gasteiger partial charge in [0.05, 0.1) is 24.2 Å². The minimum Gasteiger partial charge on any atom is -0.314 e. The Hall–Kier alpha value is -1.25. The van der Waals surface area contributed by atoms with Gasteiger partial charge in [-0.3, -0.25) is 4.72 Å². The first-order valence-corrected chi connectivity index (χ1v) is 7.19. The molecule has 1 aromatic rings. The summed E-state index contributed by atoms with van der Waals surface area (Å²) in [6, 6.07) is 1.58. The van der Waals surface area contributed by atoms with Crippen LogP contribution in [0.3, 0.4) is 0 Å². The van der Waals surface area contributed by atoms with Gasteiger partial charge in [0.2, 0.25) is 10.0 Å². The van der Waals surface area contributed by atoms with Gasteiger partial charge in [0.25, 0.3) is 0 Å². The Morgan fingerprint density at radius 1 is 1.47 bits per heavy atom. The lowest BCUT2D eigenvalue weighted by Gasteiger charge is -2.25. The maximum atomic E-state index is 11.2. The summed E-state index contributed by atoms with van der Waals surface area (Å²) < 4.78 is 24.9. The van der Waals surface area contributed by atoms with Crippen molar-refractivity contribution >= 4 is 15.7 Å². The zero-order valence-corrected chi connectivity index (χ0v) is 10.3. The molecule has 0 aromatic carbocycles. The van der Waals surface area contributed by atoms with Crippen molar-refractivity contribution in [1.82, 2.24) is 20.8 Å². The lowest BCUT2D eigenvalue weighted by molar-refractivity contribution is 0.421. The SMILES string of the molecule is CS(=O)(=O)Nc1ccnnc1C1CNCCN1. The molecule has 1 atom stereocenters. The minimum absolute atomic E-state index is 0.0262. The Balaban J connectivity index is 2.26. The topological polar surface area (TPSA) is 96.0 Å². The third kappa shape index (κ3) is 3.35. The normalized spacial score (nSPS) is 21.1. The van der Waals surface area contributed by atoms with E-state index in [2.05, 4.69) is 25.6 Å². The molecule has 1 aliphatic heterocycles. The van der Waals surface area contributed by atoms with E-state index in [1.54, 1.807) is 6.07 Å². The standard InChI is InChI=1S/C9H15N5O2S/c1-17(15,16)14-7-2-3-12-13-9(7)8-6-10-4-5-11-8/h2-3,8,10-11H,4-6H2,1H3,(H,12,14). The van der Waals surface area contributed by atoms with Crippen molar-refractivity contribution in [2.75, 3.05) is 30.6 Å². The molecule has 3 N–H and O–H groups in total. The first-order valence-electron chi connectivity index (χ1n) is 5.30. The van der Waals surface area contributed by atoms with Crippen LogP contribution in [0.5, 0.6) is 0 Å². The summed E-state index contributed by atoms with van der Waals surface area (Å²) in [5.74, 6) is 0. The van der Waals surface area contributed by atoms with Crippen LogP contribution in [-0.4, -0.2) is 44.5 Å². The fourth-order valence-electron chi connectivity index (χ4n) is 1.73. The van der Waals surface area contributed by atoms with E-state index in [1.807, 2.05) is 0 Å². The largest absolute Gasteiger partial charge is 0.314 e. The Kier molecular flexibility index (Phi) is 3.55. The van der Waals surface area contributed by atoms with Crippen LogP contribution < -0.4 is 15.4 Å². The average Bonchev–Trinajstić information content (AvgIpc) is 2.29. The van der Waals surface area contributed by atoms with Crippen LogP contribution in [0, 0.1) is 0 Å². The molecule has 2 heterocycles. The molecular formula is C9H15N5O2S. The van der Waals surface area contributed by atoms with Crippen molar-refractivity contribution in [3.8, 4) is 0 Å². The van der Waals surface area contributed by atoms with Crippen molar-refractivity contribution in [2.24, 2.45) is 0 Å². The van der Waals surface area contributed by atoms with E-state index < -0.39 is 10.0 Å². The van der Waals surface area contributed by atoms with Gasteiger partial charge in [0.15, 0.2) is 0 Å². The second kappa shape index (κ2) is 4.94. The predicted molar refractivity (Wildman–Crippen MR) is 64.1 cm³/mol. The minimum atomic E-state index is -3.30. The van der Waals surface area contributed by atoms with E-state index >= 15 is 0 Å². The number of sulfonamides is 1. The first-order chi connectivity index (χ1) is 8.06. The second-order valence-corrected chi connectivity index (χ2v) is 5.66. The van der Waals surface area contributed by atoms with Crippen LogP contribution in [0.15, 0.2) is 12.3 Å². The number of nitrogens with one attached hydrogen (secondary N) is 3. The van der Waals surface area contributed by atoms with Crippen molar-refractivity contribution in [1.29, 1.82) is 0 Å². The van der Waals surface area contributed by atoms with Gasteiger partial charge < -0.3 is 10.6 Å². The van der Waals surface area contributed by atoms with Gasteiger partial charge in [-0.2, -0.15) is 10.2 Å². The molecule has 8 heteroatoms. The van der Waals surface area contributed by atoms with E-state index in [1.165, 1.54) is 6.20 Å². The highest BCUT2D eigenvalue weighted by Crippen LogP contribution is 2.20. The van der Waals surface area contributed by atoms with Crippen LogP contribution in [0.2, 0.25) is 0 Å². The Morgan fingerprint density at radius 2 is 2.29 bits per heavy atom. The third-order valence-corrected chi connectivity index (χ3v) is 3.01. The van der Waals surface area contributed by atoms with E-state index in [0.717, 1.165) is 19.3 Å². The van der Waals surface area contributed by atoms with Gasteiger partial charge in [-0.15, -0.1) is 0 Å². The van der Waals surface area contributed by atoms with Gasteiger partial charge in [-0.05, 0) is 6.07 Å². The lowest BCUT2D eigenvalue weighted by Crippen LogP contribution is -2.43. The number of piperazine rings is 1. The Labute approximate surface area is 100 Å². The molecule has 7 nitrogen and oxygen atoms in total. The summed E-state index contributed by atoms with van der Waals surface area (Å²) >= 11 is 0. The maximum absolute atomic E-state index is 11.2. The van der Waals surface area contributed by atoms with Crippen LogP contribution >= 0.6 is 0 Å². The smallest absolute Gasteiger partial charge is 0.229 e. The summed E-state index contributed by atoms with van der Waals surface area (Å²) in [6.45, 7) is 2.42. The van der Waals surface area contributed by atoms with Crippen LogP contribution in [0.25, 0.3) is 0 Å². The van der Waals surface area contributed by atoms with Crippen molar-refractivity contribution in [3.63, 3.8) is 0 Å². The molecule has 94 valence electrons. The molecule has 0 aliphatic carbocycles. The number of aromatic nitrogens is 2. The predicted octanol–water partition coefficient (Wildman–Crippen LogP) is -0.918. The third-order valence-electron chi connectivity index (χ3n) is 2.42. The number of hydrogen-bond donors (Lipinski definition) is 3. The van der Waals surface area contributed by atoms with Crippen molar-refractivity contribution < 1.29 is 8.42 Å². The molecule has 1 saturated heterocycles. The highest BCUT2D eigenvalue weighted by molar-refractivity contribution is 7.92. The molecule has 0 radical (unpaired) electrons. The fraction of sp³-hybridized carbons (Fsp3) is 0.556. The number of rotatable bonds is 3. The second-order valence-electron chi connectivity index (χ2n) is 3.92. The first kappa shape index (κ1) is 12.2. The van der Waals surface area contributed by atoms with Gasteiger partial charge >= 0.3 is 0 Å². The number of nitrogens with zero attached hydrogens (tertiary/aromatic N) is 2. The van der Waals surface area contributed by atoms with Crippen molar-refractivity contribution in [3.05, 3.63) is 18.0 Å². The fourth-order valence-corrected chi connectivity index (χ4v) is 2.30. The van der Waals surface area contributed by atoms with Crippen LogP contribution in [0.4, 0.5) is 5.69 Å². The Morgan fingerprint density at radius 3 is 2.94 bits per heavy atom. The molecular weight excluding hydrogens is 242 g/mol. The van der Waals surface area contributed by atoms with Gasteiger partial charge in [0.1, 0.15) is 5.69 Å². The van der Waals surface area contributed by atoms with E-state index in [4.69, 9.17) is 0 Å². The molecule has 1 unspecified atom stereocenters. The molecule has 2 rings (SSSR count). The number of anilines is 1. The molecule has 0 amide bonds. The van der Waals surface area contributed by atoms with Gasteiger partial charge in [-0.25, -0.2) is 8.42 Å². The Bertz CT molecular complexity index is 484. The lowest BCUT2D eigenvalue weighted by atomic mass is 10.1. The zero-order chi connectivity index (χ0) is 12.3. The zero-order valence-electron chi connectivity index (χ0n) is 9.47.